The number of rotatable bonds is 6. The fourth-order valence-electron chi connectivity index (χ4n) is 7.13. The average Bonchev–Trinajstić information content (AvgIpc) is 3.57. The summed E-state index contributed by atoms with van der Waals surface area (Å²) in [4.78, 5) is 40.9. The Morgan fingerprint density at radius 3 is 2.06 bits per heavy atom. The van der Waals surface area contributed by atoms with Crippen molar-refractivity contribution >= 4 is 41.6 Å². The molecule has 2 aliphatic heterocycles. The number of imide groups is 1. The Bertz CT molecular complexity index is 859. The summed E-state index contributed by atoms with van der Waals surface area (Å²) in [6.45, 7) is 5.30. The number of aromatic nitrogens is 2. The van der Waals surface area contributed by atoms with Gasteiger partial charge in [0.2, 0.25) is 11.8 Å². The molecule has 7 rings (SSSR count). The van der Waals surface area contributed by atoms with Gasteiger partial charge in [0.15, 0.2) is 11.0 Å². The first-order valence-electron chi connectivity index (χ1n) is 11.9. The van der Waals surface area contributed by atoms with Gasteiger partial charge in [-0.3, -0.25) is 19.4 Å². The fourth-order valence-corrected chi connectivity index (χ4v) is 7.36. The number of amides is 2. The van der Waals surface area contributed by atoms with Gasteiger partial charge < -0.3 is 4.90 Å². The second-order valence-corrected chi connectivity index (χ2v) is 10.4. The summed E-state index contributed by atoms with van der Waals surface area (Å²) in [5.41, 5.74) is 0. The Balaban J connectivity index is 0.00000216. The molecule has 174 valence electrons. The molecule has 6 unspecified atom stereocenters. The zero-order valence-corrected chi connectivity index (χ0v) is 19.8. The van der Waals surface area contributed by atoms with E-state index >= 15 is 0 Å². The minimum atomic E-state index is 0. The van der Waals surface area contributed by atoms with Crippen LogP contribution in [-0.4, -0.2) is 70.9 Å². The number of carbonyl (C=O) groups excluding carboxylic acids is 2. The van der Waals surface area contributed by atoms with Crippen LogP contribution >= 0.6 is 24.0 Å². The van der Waals surface area contributed by atoms with Gasteiger partial charge in [0, 0.05) is 45.1 Å². The van der Waals surface area contributed by atoms with Crippen molar-refractivity contribution in [3.63, 3.8) is 0 Å². The van der Waals surface area contributed by atoms with Gasteiger partial charge in [0.05, 0.1) is 11.8 Å². The first-order chi connectivity index (χ1) is 15.1. The summed E-state index contributed by atoms with van der Waals surface area (Å²) in [5.74, 6) is 3.64. The van der Waals surface area contributed by atoms with Crippen LogP contribution in [0.25, 0.3) is 0 Å². The molecular weight excluding hydrogens is 449 g/mol. The predicted octanol–water partition coefficient (Wildman–Crippen LogP) is 2.73. The van der Waals surface area contributed by atoms with Crippen molar-refractivity contribution in [2.24, 2.45) is 35.5 Å². The molecular formula is C23H31Cl2N5O2. The smallest absolute Gasteiger partial charge is 0.233 e. The maximum Gasteiger partial charge on any atom is 0.233 e. The molecule has 0 spiro atoms. The molecule has 2 bridgehead atoms. The van der Waals surface area contributed by atoms with E-state index in [0.29, 0.717) is 23.5 Å². The lowest BCUT2D eigenvalue weighted by atomic mass is 9.59. The minimum Gasteiger partial charge on any atom is -0.351 e. The van der Waals surface area contributed by atoms with Gasteiger partial charge in [-0.25, -0.2) is 9.97 Å². The number of piperazine rings is 1. The molecule has 9 heteroatoms. The lowest BCUT2D eigenvalue weighted by molar-refractivity contribution is -0.140. The van der Waals surface area contributed by atoms with E-state index in [1.807, 2.05) is 0 Å². The molecule has 6 atom stereocenters. The van der Waals surface area contributed by atoms with Crippen LogP contribution in [0.1, 0.15) is 32.1 Å². The highest BCUT2D eigenvalue weighted by Gasteiger charge is 2.68. The lowest BCUT2D eigenvalue weighted by Gasteiger charge is -2.42. The molecule has 6 aliphatic rings. The number of nitrogens with zero attached hydrogens (tertiary/aromatic N) is 5. The number of halogens is 2. The number of carbonyl (C=O) groups is 2. The van der Waals surface area contributed by atoms with Crippen LogP contribution in [0.4, 0.5) is 5.82 Å². The summed E-state index contributed by atoms with van der Waals surface area (Å²) in [5, 5.41) is 0.460. The molecule has 0 N–H and O–H groups in total. The molecule has 4 saturated carbocycles. The highest BCUT2D eigenvalue weighted by molar-refractivity contribution is 6.31. The third-order valence-electron chi connectivity index (χ3n) is 8.65. The van der Waals surface area contributed by atoms with E-state index in [4.69, 9.17) is 11.6 Å². The van der Waals surface area contributed by atoms with E-state index in [1.165, 1.54) is 19.3 Å². The van der Waals surface area contributed by atoms with Crippen molar-refractivity contribution in [3.8, 4) is 0 Å². The zero-order chi connectivity index (χ0) is 21.1. The van der Waals surface area contributed by atoms with Gasteiger partial charge >= 0.3 is 0 Å². The molecule has 32 heavy (non-hydrogen) atoms. The monoisotopic (exact) mass is 479 g/mol. The summed E-state index contributed by atoms with van der Waals surface area (Å²) >= 11 is 6.17. The molecule has 2 amide bonds. The van der Waals surface area contributed by atoms with Crippen molar-refractivity contribution in [1.82, 2.24) is 19.8 Å². The molecule has 1 aromatic heterocycles. The minimum absolute atomic E-state index is 0. The van der Waals surface area contributed by atoms with E-state index in [1.54, 1.807) is 17.3 Å². The number of anilines is 1. The van der Waals surface area contributed by atoms with Crippen molar-refractivity contribution < 1.29 is 9.59 Å². The third-order valence-corrected chi connectivity index (χ3v) is 8.92. The normalized spacial score (nSPS) is 35.5. The summed E-state index contributed by atoms with van der Waals surface area (Å²) in [6, 6.07) is 0. The summed E-state index contributed by atoms with van der Waals surface area (Å²) < 4.78 is 0. The number of hydrogen-bond donors (Lipinski definition) is 0. The molecule has 6 fully saturated rings. The standard InChI is InChI=1S/C23H30ClN5O2.ClH/c24-20-21(26-6-5-25-20)28-11-9-27(10-12-28)7-1-2-8-29-22(30)18-14-3-4-15(17-13-16(14)17)19(18)23(29)31;/h5-6,14-19H,1-4,7-13H2;1H. The quantitative estimate of drug-likeness (QED) is 0.461. The fraction of sp³-hybridized carbons (Fsp3) is 0.739. The van der Waals surface area contributed by atoms with Gasteiger partial charge in [-0.1, -0.05) is 11.6 Å². The van der Waals surface area contributed by atoms with Crippen LogP contribution in [0.3, 0.4) is 0 Å². The molecule has 0 aromatic carbocycles. The largest absolute Gasteiger partial charge is 0.351 e. The number of likely N-dealkylation sites (tertiary alicyclic amines) is 1. The van der Waals surface area contributed by atoms with Crippen molar-refractivity contribution in [3.05, 3.63) is 17.5 Å². The molecule has 0 radical (unpaired) electrons. The van der Waals surface area contributed by atoms with E-state index in [-0.39, 0.29) is 36.1 Å². The van der Waals surface area contributed by atoms with E-state index < -0.39 is 0 Å². The van der Waals surface area contributed by atoms with Gasteiger partial charge in [-0.15, -0.1) is 12.4 Å². The molecule has 2 saturated heterocycles. The molecule has 7 nitrogen and oxygen atoms in total. The van der Waals surface area contributed by atoms with E-state index in [2.05, 4.69) is 19.8 Å². The Kier molecular flexibility index (Phi) is 6.10. The Morgan fingerprint density at radius 2 is 1.44 bits per heavy atom. The van der Waals surface area contributed by atoms with Crippen LogP contribution < -0.4 is 4.90 Å². The number of fused-ring (bicyclic) bond motifs is 1. The van der Waals surface area contributed by atoms with Gasteiger partial charge in [0.1, 0.15) is 0 Å². The van der Waals surface area contributed by atoms with Crippen LogP contribution in [0.2, 0.25) is 5.15 Å². The molecule has 3 heterocycles. The Morgan fingerprint density at radius 1 is 0.844 bits per heavy atom. The highest BCUT2D eigenvalue weighted by atomic mass is 35.5. The molecule has 1 aromatic rings. The van der Waals surface area contributed by atoms with Crippen LogP contribution in [0.15, 0.2) is 12.4 Å². The third kappa shape index (κ3) is 3.61. The summed E-state index contributed by atoms with van der Waals surface area (Å²) in [6.07, 6.45) is 8.82. The van der Waals surface area contributed by atoms with Crippen molar-refractivity contribution in [2.75, 3.05) is 44.2 Å². The molecule has 4 aliphatic carbocycles. The van der Waals surface area contributed by atoms with Crippen LogP contribution in [-0.2, 0) is 9.59 Å². The zero-order valence-electron chi connectivity index (χ0n) is 18.2. The topological polar surface area (TPSA) is 69.6 Å². The van der Waals surface area contributed by atoms with E-state index in [0.717, 1.165) is 63.2 Å². The first-order valence-corrected chi connectivity index (χ1v) is 12.3. The van der Waals surface area contributed by atoms with Gasteiger partial charge in [-0.2, -0.15) is 0 Å². The van der Waals surface area contributed by atoms with Crippen molar-refractivity contribution in [1.29, 1.82) is 0 Å². The Hall–Kier alpha value is -1.44. The average molecular weight is 480 g/mol. The van der Waals surface area contributed by atoms with Gasteiger partial charge in [-0.05, 0) is 62.3 Å². The SMILES string of the molecule is Cl.O=C1C2C3CCC(C4CC43)C2C(=O)N1CCCCN1CCN(c2nccnc2Cl)CC1. The highest BCUT2D eigenvalue weighted by Crippen LogP contribution is 2.67. The van der Waals surface area contributed by atoms with Crippen LogP contribution in [0.5, 0.6) is 0 Å². The lowest BCUT2D eigenvalue weighted by Crippen LogP contribution is -2.47. The number of hydrogen-bond acceptors (Lipinski definition) is 6. The summed E-state index contributed by atoms with van der Waals surface area (Å²) in [7, 11) is 0. The number of unbranched alkanes of at least 4 members (excludes halogenated alkanes) is 1. The first kappa shape index (κ1) is 22.4. The maximum atomic E-state index is 13.1. The maximum absolute atomic E-state index is 13.1. The second-order valence-electron chi connectivity index (χ2n) is 10.1. The van der Waals surface area contributed by atoms with Crippen LogP contribution in [0, 0.1) is 35.5 Å². The van der Waals surface area contributed by atoms with Crippen molar-refractivity contribution in [2.45, 2.75) is 32.1 Å². The predicted molar refractivity (Wildman–Crippen MR) is 124 cm³/mol. The Labute approximate surface area is 200 Å². The second kappa shape index (κ2) is 8.73. The van der Waals surface area contributed by atoms with E-state index in [9.17, 15) is 9.59 Å². The van der Waals surface area contributed by atoms with Gasteiger partial charge in [0.25, 0.3) is 0 Å².